The second-order valence-corrected chi connectivity index (χ2v) is 3.92. The predicted octanol–water partition coefficient (Wildman–Crippen LogP) is 2.94. The maximum atomic E-state index is 11.3. The van der Waals surface area contributed by atoms with Crippen molar-refractivity contribution in [2.24, 2.45) is 5.92 Å². The SMILES string of the molecule is C=C1NC(=O)CCC/C(=C/C=C\C)[C@H]1C. The van der Waals surface area contributed by atoms with E-state index in [2.05, 4.69) is 24.9 Å². The number of nitrogens with one attached hydrogen (secondary N) is 1. The fourth-order valence-electron chi connectivity index (χ4n) is 1.69. The molecule has 1 heterocycles. The van der Waals surface area contributed by atoms with E-state index in [4.69, 9.17) is 0 Å². The highest BCUT2D eigenvalue weighted by atomic mass is 16.1. The minimum absolute atomic E-state index is 0.0944. The molecular formula is C13H19NO. The quantitative estimate of drug-likeness (QED) is 0.700. The van der Waals surface area contributed by atoms with E-state index in [9.17, 15) is 4.79 Å². The lowest BCUT2D eigenvalue weighted by atomic mass is 9.91. The summed E-state index contributed by atoms with van der Waals surface area (Å²) in [4.78, 5) is 11.3. The Labute approximate surface area is 91.8 Å². The van der Waals surface area contributed by atoms with Crippen molar-refractivity contribution in [2.75, 3.05) is 0 Å². The van der Waals surface area contributed by atoms with Crippen LogP contribution in [0.25, 0.3) is 0 Å². The average molecular weight is 205 g/mol. The van der Waals surface area contributed by atoms with Gasteiger partial charge in [0.2, 0.25) is 5.91 Å². The molecule has 1 rings (SSSR count). The molecule has 1 amide bonds. The molecule has 15 heavy (non-hydrogen) atoms. The predicted molar refractivity (Wildman–Crippen MR) is 63.2 cm³/mol. The number of hydrogen-bond donors (Lipinski definition) is 1. The van der Waals surface area contributed by atoms with Crippen molar-refractivity contribution in [2.45, 2.75) is 33.1 Å². The number of carbonyl (C=O) groups is 1. The zero-order chi connectivity index (χ0) is 11.3. The van der Waals surface area contributed by atoms with Crippen molar-refractivity contribution in [3.05, 3.63) is 36.1 Å². The van der Waals surface area contributed by atoms with Gasteiger partial charge in [0.25, 0.3) is 0 Å². The fraction of sp³-hybridized carbons (Fsp3) is 0.462. The first kappa shape index (κ1) is 11.8. The van der Waals surface area contributed by atoms with Crippen LogP contribution in [0.3, 0.4) is 0 Å². The Balaban J connectivity index is 2.80. The molecule has 1 saturated heterocycles. The number of hydrogen-bond acceptors (Lipinski definition) is 1. The molecule has 82 valence electrons. The summed E-state index contributed by atoms with van der Waals surface area (Å²) in [6.07, 6.45) is 8.69. The van der Waals surface area contributed by atoms with Gasteiger partial charge in [0.05, 0.1) is 0 Å². The topological polar surface area (TPSA) is 29.1 Å². The van der Waals surface area contributed by atoms with Gasteiger partial charge in [0.15, 0.2) is 0 Å². The lowest BCUT2D eigenvalue weighted by molar-refractivity contribution is -0.120. The van der Waals surface area contributed by atoms with Crippen LogP contribution >= 0.6 is 0 Å². The minimum Gasteiger partial charge on any atom is -0.330 e. The Morgan fingerprint density at radius 3 is 2.87 bits per heavy atom. The van der Waals surface area contributed by atoms with E-state index in [0.717, 1.165) is 18.5 Å². The summed E-state index contributed by atoms with van der Waals surface area (Å²) in [6.45, 7) is 8.00. The monoisotopic (exact) mass is 205 g/mol. The van der Waals surface area contributed by atoms with E-state index < -0.39 is 0 Å². The molecule has 0 spiro atoms. The maximum Gasteiger partial charge on any atom is 0.224 e. The molecule has 0 aromatic rings. The van der Waals surface area contributed by atoms with Crippen molar-refractivity contribution in [3.63, 3.8) is 0 Å². The third-order valence-corrected chi connectivity index (χ3v) is 2.75. The Morgan fingerprint density at radius 2 is 2.20 bits per heavy atom. The molecule has 1 atom stereocenters. The van der Waals surface area contributed by atoms with Crippen LogP contribution in [0, 0.1) is 5.92 Å². The summed E-state index contributed by atoms with van der Waals surface area (Å²) in [5.41, 5.74) is 2.16. The van der Waals surface area contributed by atoms with Gasteiger partial charge in [-0.05, 0) is 19.8 Å². The number of amides is 1. The lowest BCUT2D eigenvalue weighted by Gasteiger charge is -2.22. The third kappa shape index (κ3) is 3.39. The summed E-state index contributed by atoms with van der Waals surface area (Å²) in [5, 5.41) is 2.84. The van der Waals surface area contributed by atoms with Gasteiger partial charge < -0.3 is 5.32 Å². The molecule has 1 aliphatic rings. The molecule has 0 aliphatic carbocycles. The van der Waals surface area contributed by atoms with E-state index in [1.807, 2.05) is 19.1 Å². The molecule has 0 saturated carbocycles. The normalized spacial score (nSPS) is 26.5. The lowest BCUT2D eigenvalue weighted by Crippen LogP contribution is -2.28. The molecule has 0 aromatic carbocycles. The molecule has 1 N–H and O–H groups in total. The first-order chi connectivity index (χ1) is 7.15. The van der Waals surface area contributed by atoms with Crippen LogP contribution in [0.15, 0.2) is 36.1 Å². The van der Waals surface area contributed by atoms with Gasteiger partial charge >= 0.3 is 0 Å². The number of rotatable bonds is 1. The Kier molecular flexibility index (Phi) is 4.35. The smallest absolute Gasteiger partial charge is 0.224 e. The van der Waals surface area contributed by atoms with Gasteiger partial charge in [-0.3, -0.25) is 4.79 Å². The molecular weight excluding hydrogens is 186 g/mol. The zero-order valence-electron chi connectivity index (χ0n) is 9.55. The maximum absolute atomic E-state index is 11.3. The van der Waals surface area contributed by atoms with Gasteiger partial charge in [-0.1, -0.05) is 37.3 Å². The van der Waals surface area contributed by atoms with Crippen molar-refractivity contribution >= 4 is 5.91 Å². The summed E-state index contributed by atoms with van der Waals surface area (Å²) in [6, 6.07) is 0. The van der Waals surface area contributed by atoms with Crippen molar-refractivity contribution in [1.82, 2.24) is 5.32 Å². The van der Waals surface area contributed by atoms with Crippen LogP contribution in [0.2, 0.25) is 0 Å². The van der Waals surface area contributed by atoms with Crippen LogP contribution in [-0.4, -0.2) is 5.91 Å². The second kappa shape index (κ2) is 5.54. The summed E-state index contributed by atoms with van der Waals surface area (Å²) < 4.78 is 0. The first-order valence-corrected chi connectivity index (χ1v) is 5.45. The largest absolute Gasteiger partial charge is 0.330 e. The van der Waals surface area contributed by atoms with Crippen molar-refractivity contribution < 1.29 is 4.79 Å². The average Bonchev–Trinajstić information content (AvgIpc) is 2.20. The van der Waals surface area contributed by atoms with E-state index >= 15 is 0 Å². The van der Waals surface area contributed by atoms with Crippen LogP contribution in [0.1, 0.15) is 33.1 Å². The van der Waals surface area contributed by atoms with E-state index in [1.165, 1.54) is 5.57 Å². The zero-order valence-corrected chi connectivity index (χ0v) is 9.55. The first-order valence-electron chi connectivity index (χ1n) is 5.45. The van der Waals surface area contributed by atoms with Crippen LogP contribution in [0.5, 0.6) is 0 Å². The highest BCUT2D eigenvalue weighted by Crippen LogP contribution is 2.24. The molecule has 1 fully saturated rings. The summed E-state index contributed by atoms with van der Waals surface area (Å²) in [5.74, 6) is 0.336. The van der Waals surface area contributed by atoms with E-state index in [0.29, 0.717) is 6.42 Å². The number of allylic oxidation sites excluding steroid dienone is 4. The Hall–Kier alpha value is -1.31. The molecule has 0 aromatic heterocycles. The van der Waals surface area contributed by atoms with Gasteiger partial charge in [-0.25, -0.2) is 0 Å². The Morgan fingerprint density at radius 1 is 1.47 bits per heavy atom. The second-order valence-electron chi connectivity index (χ2n) is 3.92. The molecule has 2 heteroatoms. The fourth-order valence-corrected chi connectivity index (χ4v) is 1.69. The molecule has 2 nitrogen and oxygen atoms in total. The third-order valence-electron chi connectivity index (χ3n) is 2.75. The molecule has 1 aliphatic heterocycles. The van der Waals surface area contributed by atoms with Gasteiger partial charge in [-0.15, -0.1) is 0 Å². The highest BCUT2D eigenvalue weighted by Gasteiger charge is 2.17. The van der Waals surface area contributed by atoms with Gasteiger partial charge in [0, 0.05) is 18.0 Å². The Bertz CT molecular complexity index is 312. The summed E-state index contributed by atoms with van der Waals surface area (Å²) in [7, 11) is 0. The highest BCUT2D eigenvalue weighted by molar-refractivity contribution is 5.78. The van der Waals surface area contributed by atoms with Crippen molar-refractivity contribution in [3.8, 4) is 0 Å². The van der Waals surface area contributed by atoms with E-state index in [-0.39, 0.29) is 11.8 Å². The van der Waals surface area contributed by atoms with Crippen LogP contribution < -0.4 is 5.32 Å². The van der Waals surface area contributed by atoms with Gasteiger partial charge in [0.1, 0.15) is 0 Å². The minimum atomic E-state index is 0.0944. The number of carbonyl (C=O) groups excluding carboxylic acids is 1. The molecule has 0 bridgehead atoms. The molecule has 0 radical (unpaired) electrons. The van der Waals surface area contributed by atoms with Crippen LogP contribution in [-0.2, 0) is 4.79 Å². The molecule has 0 unspecified atom stereocenters. The standard InChI is InChI=1S/C13H19NO/c1-4-5-7-12-8-6-9-13(15)14-11(3)10(12)2/h4-5,7,10H,3,6,8-9H2,1-2H3,(H,14,15)/b5-4-,12-7-/t10-/m0/s1. The van der Waals surface area contributed by atoms with Crippen molar-refractivity contribution in [1.29, 1.82) is 0 Å². The summed E-state index contributed by atoms with van der Waals surface area (Å²) >= 11 is 0. The van der Waals surface area contributed by atoms with Crippen LogP contribution in [0.4, 0.5) is 0 Å². The van der Waals surface area contributed by atoms with Gasteiger partial charge in [-0.2, -0.15) is 0 Å². The van der Waals surface area contributed by atoms with E-state index in [1.54, 1.807) is 0 Å².